The number of hydrogen-bond acceptors (Lipinski definition) is 3. The van der Waals surface area contributed by atoms with Gasteiger partial charge in [0.2, 0.25) is 0 Å². The first-order valence-electron chi connectivity index (χ1n) is 16.1. The molecule has 0 bridgehead atoms. The second kappa shape index (κ2) is 10.2. The molecule has 0 aliphatic carbocycles. The van der Waals surface area contributed by atoms with E-state index >= 15 is 0 Å². The summed E-state index contributed by atoms with van der Waals surface area (Å²) >= 11 is 0. The third-order valence-electron chi connectivity index (χ3n) is 9.79. The smallest absolute Gasteiger partial charge is 0.145 e. The number of nitrogens with zero attached hydrogens (tertiary/aromatic N) is 4. The summed E-state index contributed by atoms with van der Waals surface area (Å²) in [6, 6.07) is 54.1. The van der Waals surface area contributed by atoms with E-state index in [1.54, 1.807) is 0 Å². The first kappa shape index (κ1) is 27.1. The fraction of sp³-hybridized carbons (Fsp3) is 0. The van der Waals surface area contributed by atoms with Crippen molar-refractivity contribution < 1.29 is 4.42 Å². The number of hydrogen-bond donors (Lipinski definition) is 0. The van der Waals surface area contributed by atoms with Gasteiger partial charge in [-0.2, -0.15) is 10.5 Å². The normalized spacial score (nSPS) is 11.6. The van der Waals surface area contributed by atoms with Gasteiger partial charge in [0.1, 0.15) is 17.2 Å². The van der Waals surface area contributed by atoms with Gasteiger partial charge in [0.15, 0.2) is 0 Å². The van der Waals surface area contributed by atoms with Gasteiger partial charge in [0.25, 0.3) is 0 Å². The van der Waals surface area contributed by atoms with Crippen molar-refractivity contribution in [2.75, 3.05) is 0 Å². The van der Waals surface area contributed by atoms with Crippen molar-refractivity contribution in [2.24, 2.45) is 0 Å². The highest BCUT2D eigenvalue weighted by molar-refractivity contribution is 6.25. The average Bonchev–Trinajstić information content (AvgIpc) is 3.82. The highest BCUT2D eigenvalue weighted by Crippen LogP contribution is 2.45. The summed E-state index contributed by atoms with van der Waals surface area (Å²) in [7, 11) is 0. The molecule has 0 N–H and O–H groups in total. The zero-order chi connectivity index (χ0) is 32.6. The van der Waals surface area contributed by atoms with Crippen LogP contribution in [0.5, 0.6) is 0 Å². The molecular formula is C44H24N4O. The van der Waals surface area contributed by atoms with Crippen LogP contribution in [0.25, 0.3) is 88.1 Å². The highest BCUT2D eigenvalue weighted by Gasteiger charge is 2.23. The summed E-state index contributed by atoms with van der Waals surface area (Å²) in [6.07, 6.45) is 0. The fourth-order valence-electron chi connectivity index (χ4n) is 7.75. The Labute approximate surface area is 280 Å². The predicted molar refractivity (Wildman–Crippen MR) is 197 cm³/mol. The number of fused-ring (bicyclic) bond motifs is 10. The molecule has 0 saturated carbocycles. The molecule has 5 nitrogen and oxygen atoms in total. The van der Waals surface area contributed by atoms with Gasteiger partial charge in [-0.15, -0.1) is 0 Å². The van der Waals surface area contributed by atoms with Crippen LogP contribution in [-0.4, -0.2) is 9.13 Å². The molecule has 0 radical (unpaired) electrons. The topological polar surface area (TPSA) is 70.6 Å². The van der Waals surface area contributed by atoms with Crippen LogP contribution in [0.15, 0.2) is 150 Å². The van der Waals surface area contributed by atoms with Crippen LogP contribution in [0.1, 0.15) is 11.1 Å². The van der Waals surface area contributed by atoms with E-state index in [0.717, 1.165) is 88.1 Å². The molecule has 0 fully saturated rings. The maximum atomic E-state index is 10.5. The van der Waals surface area contributed by atoms with Gasteiger partial charge in [0, 0.05) is 43.7 Å². The van der Waals surface area contributed by atoms with E-state index in [1.165, 1.54) is 0 Å². The van der Waals surface area contributed by atoms with Crippen LogP contribution in [-0.2, 0) is 0 Å². The molecule has 0 saturated heterocycles. The molecule has 0 amide bonds. The summed E-state index contributed by atoms with van der Waals surface area (Å²) in [4.78, 5) is 0. The minimum absolute atomic E-state index is 0.547. The molecule has 3 heterocycles. The van der Waals surface area contributed by atoms with E-state index < -0.39 is 0 Å². The minimum Gasteiger partial charge on any atom is -0.455 e. The number of benzene rings is 7. The highest BCUT2D eigenvalue weighted by atomic mass is 16.3. The molecule has 49 heavy (non-hydrogen) atoms. The molecule has 5 heteroatoms. The summed E-state index contributed by atoms with van der Waals surface area (Å²) in [5, 5.41) is 26.5. The Morgan fingerprint density at radius 2 is 1.10 bits per heavy atom. The Bertz CT molecular complexity index is 3070. The zero-order valence-corrected chi connectivity index (χ0v) is 26.1. The van der Waals surface area contributed by atoms with Crippen LogP contribution >= 0.6 is 0 Å². The maximum absolute atomic E-state index is 10.5. The van der Waals surface area contributed by atoms with Gasteiger partial charge >= 0.3 is 0 Å². The van der Waals surface area contributed by atoms with Crippen molar-refractivity contribution in [2.45, 2.75) is 0 Å². The van der Waals surface area contributed by atoms with Crippen molar-refractivity contribution in [1.82, 2.24) is 9.13 Å². The lowest BCUT2D eigenvalue weighted by atomic mass is 9.97. The van der Waals surface area contributed by atoms with Gasteiger partial charge in [-0.05, 0) is 60.7 Å². The second-order valence-electron chi connectivity index (χ2n) is 12.3. The SMILES string of the molecule is N#Cc1ccc2c(c1)c1ccccc1n2-c1c(C#N)cccc1-c1cccc2c1oc1c2ccc2c1c1ccccc1n2-c1ccccc1. The molecule has 3 aromatic heterocycles. The van der Waals surface area contributed by atoms with Crippen molar-refractivity contribution in [3.05, 3.63) is 157 Å². The molecule has 0 atom stereocenters. The lowest BCUT2D eigenvalue weighted by Gasteiger charge is -2.16. The molecule has 0 unspecified atom stereocenters. The van der Waals surface area contributed by atoms with Crippen molar-refractivity contribution >= 4 is 65.6 Å². The quantitative estimate of drug-likeness (QED) is 0.196. The summed E-state index contributed by atoms with van der Waals surface area (Å²) in [6.45, 7) is 0. The Hall–Kier alpha value is -7.08. The molecule has 0 aliphatic rings. The number of nitriles is 2. The van der Waals surface area contributed by atoms with E-state index in [9.17, 15) is 10.5 Å². The van der Waals surface area contributed by atoms with Crippen molar-refractivity contribution in [3.63, 3.8) is 0 Å². The number of para-hydroxylation sites is 5. The summed E-state index contributed by atoms with van der Waals surface area (Å²) in [5.41, 5.74) is 10.5. The zero-order valence-electron chi connectivity index (χ0n) is 26.1. The lowest BCUT2D eigenvalue weighted by Crippen LogP contribution is -2.01. The monoisotopic (exact) mass is 624 g/mol. The second-order valence-corrected chi connectivity index (χ2v) is 12.3. The van der Waals surface area contributed by atoms with E-state index in [-0.39, 0.29) is 0 Å². The number of furan rings is 1. The molecule has 7 aromatic carbocycles. The van der Waals surface area contributed by atoms with Crippen LogP contribution in [0.3, 0.4) is 0 Å². The van der Waals surface area contributed by atoms with Gasteiger partial charge in [0.05, 0.1) is 50.3 Å². The van der Waals surface area contributed by atoms with Gasteiger partial charge < -0.3 is 13.6 Å². The molecule has 10 aromatic rings. The maximum Gasteiger partial charge on any atom is 0.145 e. The molecule has 226 valence electrons. The molecule has 10 rings (SSSR count). The van der Waals surface area contributed by atoms with Gasteiger partial charge in [-0.1, -0.05) is 84.9 Å². The predicted octanol–water partition coefficient (Wildman–Crippen LogP) is 11.2. The molecule has 0 spiro atoms. The Morgan fingerprint density at radius 3 is 1.92 bits per heavy atom. The molecule has 0 aliphatic heterocycles. The lowest BCUT2D eigenvalue weighted by molar-refractivity contribution is 0.674. The largest absolute Gasteiger partial charge is 0.455 e. The van der Waals surface area contributed by atoms with Crippen LogP contribution < -0.4 is 0 Å². The first-order chi connectivity index (χ1) is 24.2. The summed E-state index contributed by atoms with van der Waals surface area (Å²) in [5.74, 6) is 0. The Kier molecular flexibility index (Phi) is 5.64. The van der Waals surface area contributed by atoms with E-state index in [1.807, 2.05) is 48.5 Å². The van der Waals surface area contributed by atoms with E-state index in [2.05, 4.69) is 118 Å². The standard InChI is InChI=1S/C44H24N4O/c45-25-27-20-22-39-36(24-27)30-13-4-6-18-37(30)48(39)42-28(26-46)10-8-15-31(42)32-16-9-17-33-34-21-23-40-41(44(34)49-43(32)33)35-14-5-7-19-38(35)47(40)29-11-2-1-3-12-29/h1-24H. The van der Waals surface area contributed by atoms with Crippen molar-refractivity contribution in [3.8, 4) is 34.6 Å². The fourth-order valence-corrected chi connectivity index (χ4v) is 7.75. The number of aromatic nitrogens is 2. The van der Waals surface area contributed by atoms with Crippen LogP contribution in [0, 0.1) is 22.7 Å². The third-order valence-corrected chi connectivity index (χ3v) is 9.79. The van der Waals surface area contributed by atoms with E-state index in [4.69, 9.17) is 4.42 Å². The third kappa shape index (κ3) is 3.73. The summed E-state index contributed by atoms with van der Waals surface area (Å²) < 4.78 is 11.5. The average molecular weight is 625 g/mol. The first-order valence-corrected chi connectivity index (χ1v) is 16.1. The van der Waals surface area contributed by atoms with Crippen LogP contribution in [0.4, 0.5) is 0 Å². The van der Waals surface area contributed by atoms with E-state index in [0.29, 0.717) is 11.1 Å². The Balaban J connectivity index is 1.31. The van der Waals surface area contributed by atoms with Crippen molar-refractivity contribution in [1.29, 1.82) is 10.5 Å². The Morgan fingerprint density at radius 1 is 0.449 bits per heavy atom. The van der Waals surface area contributed by atoms with Crippen LogP contribution in [0.2, 0.25) is 0 Å². The molecular weight excluding hydrogens is 601 g/mol. The van der Waals surface area contributed by atoms with Gasteiger partial charge in [-0.25, -0.2) is 0 Å². The number of rotatable bonds is 3. The minimum atomic E-state index is 0.547. The van der Waals surface area contributed by atoms with Gasteiger partial charge in [-0.3, -0.25) is 0 Å².